The average Bonchev–Trinajstić information content (AvgIpc) is 2.88. The van der Waals surface area contributed by atoms with Gasteiger partial charge in [-0.05, 0) is 24.3 Å². The van der Waals surface area contributed by atoms with E-state index >= 15 is 0 Å². The lowest BCUT2D eigenvalue weighted by molar-refractivity contribution is -0.138. The van der Waals surface area contributed by atoms with E-state index in [2.05, 4.69) is 0 Å². The molecule has 0 radical (unpaired) electrons. The lowest BCUT2D eigenvalue weighted by Gasteiger charge is -2.10. The Morgan fingerprint density at radius 3 is 1.06 bits per heavy atom. The molecule has 0 bridgehead atoms. The zero-order chi connectivity index (χ0) is 26.3. The second-order valence-electron chi connectivity index (χ2n) is 7.55. The molecular weight excluding hydrogens is 482 g/mol. The van der Waals surface area contributed by atoms with E-state index in [-0.39, 0.29) is 16.9 Å². The number of hydrogen-bond acceptors (Lipinski definition) is 2. The molecule has 0 N–H and O–H groups in total. The highest BCUT2D eigenvalue weighted by Crippen LogP contribution is 2.32. The van der Waals surface area contributed by atoms with Crippen molar-refractivity contribution in [3.8, 4) is 0 Å². The van der Waals surface area contributed by atoms with Gasteiger partial charge in [0, 0.05) is 22.3 Å². The molecule has 0 saturated heterocycles. The van der Waals surface area contributed by atoms with Crippen molar-refractivity contribution in [3.05, 3.63) is 143 Å². The normalized spacial score (nSPS) is 11.3. The lowest BCUT2D eigenvalue weighted by atomic mass is 9.99. The van der Waals surface area contributed by atoms with Gasteiger partial charge in [-0.1, -0.05) is 84.9 Å². The second-order valence-corrected chi connectivity index (χ2v) is 7.55. The smallest absolute Gasteiger partial charge is 0.289 e. The highest BCUT2D eigenvalue weighted by Gasteiger charge is 2.32. The van der Waals surface area contributed by atoms with E-state index in [0.29, 0.717) is 12.1 Å². The van der Waals surface area contributed by atoms with E-state index in [1.54, 1.807) is 0 Å². The minimum Gasteiger partial charge on any atom is -0.289 e. The van der Waals surface area contributed by atoms with Gasteiger partial charge in [-0.3, -0.25) is 9.59 Å². The van der Waals surface area contributed by atoms with Gasteiger partial charge in [-0.25, -0.2) is 0 Å². The number of benzene rings is 4. The Balaban J connectivity index is 0.000000221. The van der Waals surface area contributed by atoms with E-state index in [1.165, 1.54) is 0 Å². The fourth-order valence-electron chi connectivity index (χ4n) is 3.19. The number of halogens is 6. The fraction of sp³-hybridized carbons (Fsp3) is 0.0714. The van der Waals surface area contributed by atoms with E-state index in [9.17, 15) is 35.9 Å². The molecule has 0 fully saturated rings. The number of carbonyl (C=O) groups is 2. The van der Waals surface area contributed by atoms with Crippen molar-refractivity contribution in [3.63, 3.8) is 0 Å². The molecule has 4 rings (SSSR count). The molecular formula is C28H18F6O2. The van der Waals surface area contributed by atoms with Crippen molar-refractivity contribution in [2.45, 2.75) is 12.4 Å². The van der Waals surface area contributed by atoms with E-state index in [4.69, 9.17) is 0 Å². The summed E-state index contributed by atoms with van der Waals surface area (Å²) < 4.78 is 75.6. The molecule has 0 aliphatic carbocycles. The number of alkyl halides is 6. The van der Waals surface area contributed by atoms with E-state index in [0.717, 1.165) is 47.5 Å². The molecule has 0 unspecified atom stereocenters. The molecule has 184 valence electrons. The van der Waals surface area contributed by atoms with Gasteiger partial charge in [-0.2, -0.15) is 26.3 Å². The van der Waals surface area contributed by atoms with Crippen LogP contribution in [0.4, 0.5) is 26.3 Å². The molecule has 0 atom stereocenters. The van der Waals surface area contributed by atoms with E-state index < -0.39 is 29.3 Å². The van der Waals surface area contributed by atoms with Crippen molar-refractivity contribution >= 4 is 11.6 Å². The van der Waals surface area contributed by atoms with Crippen LogP contribution in [0.1, 0.15) is 43.0 Å². The number of rotatable bonds is 4. The second kappa shape index (κ2) is 11.0. The topological polar surface area (TPSA) is 34.1 Å². The van der Waals surface area contributed by atoms with Gasteiger partial charge in [0.1, 0.15) is 0 Å². The van der Waals surface area contributed by atoms with Gasteiger partial charge in [-0.15, -0.1) is 0 Å². The molecule has 0 heterocycles. The van der Waals surface area contributed by atoms with Crippen LogP contribution in [0, 0.1) is 0 Å². The molecule has 4 aromatic rings. The van der Waals surface area contributed by atoms with Crippen molar-refractivity contribution in [1.29, 1.82) is 0 Å². The quantitative estimate of drug-likeness (QED) is 0.211. The largest absolute Gasteiger partial charge is 0.416 e. The number of ketones is 2. The molecule has 36 heavy (non-hydrogen) atoms. The SMILES string of the molecule is O=C(c1cccc(C(F)(F)F)c1)c1cccc(C(F)(F)F)c1.O=C(c1ccccc1)c1ccccc1. The first kappa shape index (κ1) is 26.4. The highest BCUT2D eigenvalue weighted by molar-refractivity contribution is 6.09. The summed E-state index contributed by atoms with van der Waals surface area (Å²) >= 11 is 0. The minimum absolute atomic E-state index is 0.0752. The molecule has 0 aromatic heterocycles. The molecule has 4 aromatic carbocycles. The Bertz CT molecular complexity index is 1230. The first-order chi connectivity index (χ1) is 17.0. The van der Waals surface area contributed by atoms with Crippen LogP contribution in [0.3, 0.4) is 0 Å². The summed E-state index contributed by atoms with van der Waals surface area (Å²) in [5, 5.41) is 0. The molecule has 0 aliphatic rings. The molecule has 0 amide bonds. The van der Waals surface area contributed by atoms with Crippen LogP contribution in [0.25, 0.3) is 0 Å². The lowest BCUT2D eigenvalue weighted by Crippen LogP contribution is -2.10. The summed E-state index contributed by atoms with van der Waals surface area (Å²) in [6, 6.07) is 25.7. The Labute approximate surface area is 202 Å². The van der Waals surface area contributed by atoms with Crippen molar-refractivity contribution in [2.75, 3.05) is 0 Å². The predicted octanol–water partition coefficient (Wildman–Crippen LogP) is 7.87. The predicted molar refractivity (Wildman–Crippen MR) is 123 cm³/mol. The molecule has 8 heteroatoms. The van der Waals surface area contributed by atoms with Gasteiger partial charge in [0.15, 0.2) is 11.6 Å². The summed E-state index contributed by atoms with van der Waals surface area (Å²) in [4.78, 5) is 23.9. The standard InChI is InChI=1S/C15H8F6O.C13H10O/c16-14(17,18)11-5-1-3-9(7-11)13(22)10-4-2-6-12(8-10)15(19,20)21;14-13(11-7-3-1-4-8-11)12-9-5-2-6-10-12/h1-8H;1-10H. The number of carbonyl (C=O) groups excluding carboxylic acids is 2. The van der Waals surface area contributed by atoms with Crippen LogP contribution in [-0.2, 0) is 12.4 Å². The van der Waals surface area contributed by atoms with Gasteiger partial charge < -0.3 is 0 Å². The third kappa shape index (κ3) is 6.91. The fourth-order valence-corrected chi connectivity index (χ4v) is 3.19. The van der Waals surface area contributed by atoms with Gasteiger partial charge in [0.05, 0.1) is 11.1 Å². The third-order valence-electron chi connectivity index (χ3n) is 4.98. The summed E-state index contributed by atoms with van der Waals surface area (Å²) in [7, 11) is 0. The van der Waals surface area contributed by atoms with Crippen LogP contribution >= 0.6 is 0 Å². The third-order valence-corrected chi connectivity index (χ3v) is 4.98. The Kier molecular flexibility index (Phi) is 8.09. The Hall–Kier alpha value is -4.20. The summed E-state index contributed by atoms with van der Waals surface area (Å²) in [5.41, 5.74) is -1.25. The summed E-state index contributed by atoms with van der Waals surface area (Å²) in [6.45, 7) is 0. The van der Waals surface area contributed by atoms with Crippen LogP contribution in [-0.4, -0.2) is 11.6 Å². The maximum absolute atomic E-state index is 12.6. The summed E-state index contributed by atoms with van der Waals surface area (Å²) in [5.74, 6) is -0.830. The van der Waals surface area contributed by atoms with Crippen molar-refractivity contribution < 1.29 is 35.9 Å². The highest BCUT2D eigenvalue weighted by atomic mass is 19.4. The molecule has 2 nitrogen and oxygen atoms in total. The Morgan fingerprint density at radius 2 is 0.722 bits per heavy atom. The molecule has 0 spiro atoms. The zero-order valence-corrected chi connectivity index (χ0v) is 18.5. The van der Waals surface area contributed by atoms with Gasteiger partial charge in [0.2, 0.25) is 0 Å². The monoisotopic (exact) mass is 500 g/mol. The Morgan fingerprint density at radius 1 is 0.417 bits per heavy atom. The maximum Gasteiger partial charge on any atom is 0.416 e. The van der Waals surface area contributed by atoms with Crippen molar-refractivity contribution in [2.24, 2.45) is 0 Å². The van der Waals surface area contributed by atoms with E-state index in [1.807, 2.05) is 60.7 Å². The number of hydrogen-bond donors (Lipinski definition) is 0. The van der Waals surface area contributed by atoms with Gasteiger partial charge >= 0.3 is 12.4 Å². The average molecular weight is 500 g/mol. The van der Waals surface area contributed by atoms with Gasteiger partial charge in [0.25, 0.3) is 0 Å². The minimum atomic E-state index is -4.63. The van der Waals surface area contributed by atoms with Crippen molar-refractivity contribution in [1.82, 2.24) is 0 Å². The molecule has 0 aliphatic heterocycles. The first-order valence-corrected chi connectivity index (χ1v) is 10.5. The van der Waals surface area contributed by atoms with Crippen LogP contribution in [0.15, 0.2) is 109 Å². The zero-order valence-electron chi connectivity index (χ0n) is 18.5. The first-order valence-electron chi connectivity index (χ1n) is 10.5. The summed E-state index contributed by atoms with van der Waals surface area (Å²) in [6.07, 6.45) is -9.27. The molecule has 0 saturated carbocycles. The van der Waals surface area contributed by atoms with Crippen LogP contribution < -0.4 is 0 Å². The van der Waals surface area contributed by atoms with Crippen LogP contribution in [0.5, 0.6) is 0 Å². The maximum atomic E-state index is 12.6. The van der Waals surface area contributed by atoms with Crippen LogP contribution in [0.2, 0.25) is 0 Å².